The predicted molar refractivity (Wildman–Crippen MR) is 87.4 cm³/mol. The Balaban J connectivity index is 1.57. The summed E-state index contributed by atoms with van der Waals surface area (Å²) in [5.41, 5.74) is 0.706. The molecule has 0 aromatic heterocycles. The number of para-hydroxylation sites is 1. The second-order valence-corrected chi connectivity index (χ2v) is 7.04. The summed E-state index contributed by atoms with van der Waals surface area (Å²) < 4.78 is 0.817. The van der Waals surface area contributed by atoms with Crippen LogP contribution in [0.5, 0.6) is 0 Å². The van der Waals surface area contributed by atoms with E-state index < -0.39 is 5.25 Å². The maximum atomic E-state index is 12.0. The number of thioether (sulfide) groups is 1. The minimum Gasteiger partial charge on any atom is -0.325 e. The Bertz CT molecular complexity index is 616. The molecule has 0 radical (unpaired) electrons. The zero-order chi connectivity index (χ0) is 14.8. The van der Waals surface area contributed by atoms with Gasteiger partial charge in [0.05, 0.1) is 11.7 Å². The van der Waals surface area contributed by atoms with Crippen molar-refractivity contribution < 1.29 is 9.59 Å². The van der Waals surface area contributed by atoms with Gasteiger partial charge in [-0.3, -0.25) is 14.6 Å². The molecule has 2 amide bonds. The van der Waals surface area contributed by atoms with E-state index in [0.717, 1.165) is 17.3 Å². The van der Waals surface area contributed by atoms with Gasteiger partial charge in [0.1, 0.15) is 5.25 Å². The number of amidine groups is 1. The number of aliphatic imine (C=N–C) groups is 1. The summed E-state index contributed by atoms with van der Waals surface area (Å²) >= 11 is 4.72. The first-order valence-electron chi connectivity index (χ1n) is 6.71. The number of anilines is 1. The lowest BCUT2D eigenvalue weighted by molar-refractivity contribution is -0.122. The molecule has 5 nitrogen and oxygen atoms in total. The van der Waals surface area contributed by atoms with Crippen molar-refractivity contribution >= 4 is 50.4 Å². The van der Waals surface area contributed by atoms with E-state index in [0.29, 0.717) is 16.9 Å². The topological polar surface area (TPSA) is 70.6 Å². The van der Waals surface area contributed by atoms with Crippen LogP contribution in [0.15, 0.2) is 33.7 Å². The third kappa shape index (κ3) is 3.85. The SMILES string of the molecule is O=C(CC1SC(=NC2CC2)NC1=O)Nc1ccccc1Br. The molecule has 7 heteroatoms. The maximum Gasteiger partial charge on any atom is 0.240 e. The van der Waals surface area contributed by atoms with Crippen LogP contribution in [0.4, 0.5) is 5.69 Å². The van der Waals surface area contributed by atoms with Gasteiger partial charge in [0.15, 0.2) is 5.17 Å². The first-order chi connectivity index (χ1) is 10.1. The second-order valence-electron chi connectivity index (χ2n) is 4.99. The van der Waals surface area contributed by atoms with E-state index in [1.54, 1.807) is 0 Å². The van der Waals surface area contributed by atoms with Gasteiger partial charge >= 0.3 is 0 Å². The normalized spacial score (nSPS) is 23.2. The van der Waals surface area contributed by atoms with E-state index in [2.05, 4.69) is 31.6 Å². The molecule has 2 N–H and O–H groups in total. The fourth-order valence-electron chi connectivity index (χ4n) is 1.90. The van der Waals surface area contributed by atoms with Crippen molar-refractivity contribution in [2.45, 2.75) is 30.6 Å². The van der Waals surface area contributed by atoms with E-state index in [-0.39, 0.29) is 18.2 Å². The summed E-state index contributed by atoms with van der Waals surface area (Å²) in [6.45, 7) is 0. The molecule has 1 aromatic rings. The first-order valence-corrected chi connectivity index (χ1v) is 8.39. The number of carbonyl (C=O) groups excluding carboxylic acids is 2. The zero-order valence-corrected chi connectivity index (χ0v) is 13.5. The number of halogens is 1. The molecule has 1 aromatic carbocycles. The number of hydrogen-bond acceptors (Lipinski definition) is 4. The number of nitrogens with one attached hydrogen (secondary N) is 2. The number of hydrogen-bond donors (Lipinski definition) is 2. The number of rotatable bonds is 4. The van der Waals surface area contributed by atoms with Gasteiger partial charge in [0.2, 0.25) is 11.8 Å². The van der Waals surface area contributed by atoms with Crippen molar-refractivity contribution in [2.24, 2.45) is 4.99 Å². The third-order valence-corrected chi connectivity index (χ3v) is 4.93. The largest absolute Gasteiger partial charge is 0.325 e. The highest BCUT2D eigenvalue weighted by atomic mass is 79.9. The van der Waals surface area contributed by atoms with Crippen molar-refractivity contribution in [1.82, 2.24) is 5.32 Å². The van der Waals surface area contributed by atoms with E-state index >= 15 is 0 Å². The predicted octanol–water partition coefficient (Wildman–Crippen LogP) is 2.53. The molecule has 1 atom stereocenters. The van der Waals surface area contributed by atoms with Gasteiger partial charge in [-0.25, -0.2) is 0 Å². The minimum absolute atomic E-state index is 0.137. The molecule has 2 aliphatic rings. The van der Waals surface area contributed by atoms with E-state index in [1.165, 1.54) is 11.8 Å². The van der Waals surface area contributed by atoms with Crippen LogP contribution in [0.1, 0.15) is 19.3 Å². The van der Waals surface area contributed by atoms with E-state index in [1.807, 2.05) is 24.3 Å². The number of amides is 2. The first kappa shape index (κ1) is 14.6. The van der Waals surface area contributed by atoms with Crippen LogP contribution in [0.2, 0.25) is 0 Å². The Labute approximate surface area is 135 Å². The molecular weight excluding hydrogens is 354 g/mol. The van der Waals surface area contributed by atoms with Crippen molar-refractivity contribution in [3.05, 3.63) is 28.7 Å². The molecule has 1 saturated heterocycles. The Hall–Kier alpha value is -1.34. The average molecular weight is 368 g/mol. The molecule has 1 saturated carbocycles. The molecule has 21 heavy (non-hydrogen) atoms. The van der Waals surface area contributed by atoms with Crippen LogP contribution in [0, 0.1) is 0 Å². The van der Waals surface area contributed by atoms with Gasteiger partial charge in [-0.2, -0.15) is 0 Å². The molecular formula is C14H14BrN3O2S. The number of carbonyl (C=O) groups is 2. The number of benzene rings is 1. The number of nitrogens with zero attached hydrogens (tertiary/aromatic N) is 1. The molecule has 1 unspecified atom stereocenters. The van der Waals surface area contributed by atoms with Gasteiger partial charge in [0.25, 0.3) is 0 Å². The van der Waals surface area contributed by atoms with Gasteiger partial charge in [0, 0.05) is 10.9 Å². The van der Waals surface area contributed by atoms with Crippen molar-refractivity contribution in [1.29, 1.82) is 0 Å². The van der Waals surface area contributed by atoms with Crippen molar-refractivity contribution in [3.8, 4) is 0 Å². The molecule has 1 heterocycles. The highest BCUT2D eigenvalue weighted by Crippen LogP contribution is 2.29. The molecule has 1 aliphatic carbocycles. The van der Waals surface area contributed by atoms with Crippen LogP contribution in [-0.2, 0) is 9.59 Å². The quantitative estimate of drug-likeness (QED) is 0.858. The molecule has 0 spiro atoms. The second kappa shape index (κ2) is 6.19. The zero-order valence-electron chi connectivity index (χ0n) is 11.1. The third-order valence-electron chi connectivity index (χ3n) is 3.14. The summed E-state index contributed by atoms with van der Waals surface area (Å²) in [6, 6.07) is 7.75. The van der Waals surface area contributed by atoms with Crippen LogP contribution < -0.4 is 10.6 Å². The fraction of sp³-hybridized carbons (Fsp3) is 0.357. The smallest absolute Gasteiger partial charge is 0.240 e. The van der Waals surface area contributed by atoms with Crippen LogP contribution in [0.25, 0.3) is 0 Å². The minimum atomic E-state index is -0.398. The monoisotopic (exact) mass is 367 g/mol. The summed E-state index contributed by atoms with van der Waals surface area (Å²) in [5.74, 6) is -0.316. The van der Waals surface area contributed by atoms with Crippen LogP contribution in [-0.4, -0.2) is 28.3 Å². The van der Waals surface area contributed by atoms with Gasteiger partial charge in [-0.1, -0.05) is 23.9 Å². The lowest BCUT2D eigenvalue weighted by Gasteiger charge is -2.08. The Morgan fingerprint density at radius 2 is 2.19 bits per heavy atom. The average Bonchev–Trinajstić information content (AvgIpc) is 3.18. The summed E-state index contributed by atoms with van der Waals surface area (Å²) in [6.07, 6.45) is 2.32. The summed E-state index contributed by atoms with van der Waals surface area (Å²) in [5, 5.41) is 5.80. The van der Waals surface area contributed by atoms with Crippen molar-refractivity contribution in [2.75, 3.05) is 5.32 Å². The van der Waals surface area contributed by atoms with Crippen molar-refractivity contribution in [3.63, 3.8) is 0 Å². The Kier molecular flexibility index (Phi) is 4.30. The summed E-state index contributed by atoms with van der Waals surface area (Å²) in [7, 11) is 0. The van der Waals surface area contributed by atoms with Crippen LogP contribution >= 0.6 is 27.7 Å². The van der Waals surface area contributed by atoms with Gasteiger partial charge in [-0.15, -0.1) is 0 Å². The Morgan fingerprint density at radius 1 is 1.43 bits per heavy atom. The van der Waals surface area contributed by atoms with E-state index in [9.17, 15) is 9.59 Å². The molecule has 2 fully saturated rings. The van der Waals surface area contributed by atoms with Gasteiger partial charge < -0.3 is 10.6 Å². The molecule has 0 bridgehead atoms. The standard InChI is InChI=1S/C14H14BrN3O2S/c15-9-3-1-2-4-10(9)17-12(19)7-11-13(20)18-14(21-11)16-8-5-6-8/h1-4,8,11H,5-7H2,(H,17,19)(H,16,18,20). The Morgan fingerprint density at radius 3 is 2.90 bits per heavy atom. The lowest BCUT2D eigenvalue weighted by Crippen LogP contribution is -2.28. The molecule has 1 aliphatic heterocycles. The summed E-state index contributed by atoms with van der Waals surface area (Å²) in [4.78, 5) is 28.3. The molecule has 110 valence electrons. The maximum absolute atomic E-state index is 12.0. The highest BCUT2D eigenvalue weighted by molar-refractivity contribution is 9.10. The lowest BCUT2D eigenvalue weighted by atomic mass is 10.2. The van der Waals surface area contributed by atoms with Gasteiger partial charge in [-0.05, 0) is 40.9 Å². The fourth-order valence-corrected chi connectivity index (χ4v) is 3.33. The van der Waals surface area contributed by atoms with E-state index in [4.69, 9.17) is 0 Å². The molecule has 3 rings (SSSR count). The van der Waals surface area contributed by atoms with Crippen LogP contribution in [0.3, 0.4) is 0 Å². The highest BCUT2D eigenvalue weighted by Gasteiger charge is 2.33.